The molecular formula is C6H6O2S. The Labute approximate surface area is 56.4 Å². The van der Waals surface area contributed by atoms with Gasteiger partial charge in [0.1, 0.15) is 0 Å². The molecule has 1 aromatic heterocycles. The summed E-state index contributed by atoms with van der Waals surface area (Å²) in [6.07, 6.45) is 0. The lowest BCUT2D eigenvalue weighted by atomic mass is 10.5. The molecule has 0 bridgehead atoms. The van der Waals surface area contributed by atoms with Crippen LogP contribution in [0.3, 0.4) is 0 Å². The number of aromatic hydroxyl groups is 1. The molecule has 0 amide bonds. The van der Waals surface area contributed by atoms with E-state index < -0.39 is 0 Å². The second-order valence-corrected chi connectivity index (χ2v) is 3.01. The van der Waals surface area contributed by atoms with Crippen LogP contribution in [0.25, 0.3) is 0 Å². The first-order chi connectivity index (χ1) is 4.18. The molecular weight excluding hydrogens is 136 g/mol. The Hall–Kier alpha value is -0.830. The van der Waals surface area contributed by atoms with Crippen LogP contribution >= 0.6 is 11.3 Å². The molecule has 2 nitrogen and oxygen atoms in total. The van der Waals surface area contributed by atoms with Gasteiger partial charge in [0.15, 0.2) is 10.5 Å². The van der Waals surface area contributed by atoms with Crippen LogP contribution in [0.1, 0.15) is 4.88 Å². The van der Waals surface area contributed by atoms with Crippen LogP contribution in [0.15, 0.2) is 16.9 Å². The van der Waals surface area contributed by atoms with E-state index in [0.717, 1.165) is 4.88 Å². The van der Waals surface area contributed by atoms with E-state index in [0.29, 0.717) is 0 Å². The Bertz CT molecular complexity index is 241. The Balaban J connectivity index is 3.33. The predicted octanol–water partition coefficient (Wildman–Crippen LogP) is 1.12. The van der Waals surface area contributed by atoms with E-state index >= 15 is 0 Å². The zero-order valence-electron chi connectivity index (χ0n) is 4.92. The lowest BCUT2D eigenvalue weighted by Gasteiger charge is -1.88. The Morgan fingerprint density at radius 3 is 2.67 bits per heavy atom. The van der Waals surface area contributed by atoms with Crippen LogP contribution in [0.4, 0.5) is 0 Å². The lowest BCUT2D eigenvalue weighted by Crippen LogP contribution is -1.93. The zero-order chi connectivity index (χ0) is 6.85. The molecule has 0 saturated carbocycles. The highest BCUT2D eigenvalue weighted by atomic mass is 32.1. The topological polar surface area (TPSA) is 37.3 Å². The second kappa shape index (κ2) is 2.19. The van der Waals surface area contributed by atoms with Crippen LogP contribution in [0, 0.1) is 6.92 Å². The molecule has 0 fully saturated rings. The van der Waals surface area contributed by atoms with Crippen molar-refractivity contribution in [2.75, 3.05) is 0 Å². The number of hydrogen-bond donors (Lipinski definition) is 1. The van der Waals surface area contributed by atoms with Gasteiger partial charge in [-0.05, 0) is 13.0 Å². The number of rotatable bonds is 0. The first-order valence-electron chi connectivity index (χ1n) is 2.49. The first kappa shape index (κ1) is 6.29. The first-order valence-corrected chi connectivity index (χ1v) is 3.31. The summed E-state index contributed by atoms with van der Waals surface area (Å²) in [5, 5.41) is 8.90. The molecule has 0 aromatic carbocycles. The van der Waals surface area contributed by atoms with Crippen molar-refractivity contribution in [1.29, 1.82) is 0 Å². The van der Waals surface area contributed by atoms with Crippen molar-refractivity contribution in [2.24, 2.45) is 0 Å². The van der Waals surface area contributed by atoms with Gasteiger partial charge in [0, 0.05) is 10.9 Å². The summed E-state index contributed by atoms with van der Waals surface area (Å²) >= 11 is 1.20. The van der Waals surface area contributed by atoms with Crippen molar-refractivity contribution >= 4 is 11.3 Å². The maximum absolute atomic E-state index is 10.6. The van der Waals surface area contributed by atoms with Crippen LogP contribution in [-0.2, 0) is 0 Å². The summed E-state index contributed by atoms with van der Waals surface area (Å²) in [5.74, 6) is 0. The zero-order valence-corrected chi connectivity index (χ0v) is 5.73. The summed E-state index contributed by atoms with van der Waals surface area (Å²) in [5.41, 5.74) is -0.135. The van der Waals surface area contributed by atoms with E-state index in [9.17, 15) is 4.79 Å². The number of hydrogen-bond acceptors (Lipinski definition) is 3. The predicted molar refractivity (Wildman–Crippen MR) is 37.0 cm³/mol. The van der Waals surface area contributed by atoms with Gasteiger partial charge in [0.25, 0.3) is 0 Å². The molecule has 0 atom stereocenters. The van der Waals surface area contributed by atoms with Crippen LogP contribution in [0.2, 0.25) is 0 Å². The molecule has 1 heterocycles. The van der Waals surface area contributed by atoms with Gasteiger partial charge in [0.05, 0.1) is 0 Å². The van der Waals surface area contributed by atoms with Gasteiger partial charge in [-0.25, -0.2) is 0 Å². The van der Waals surface area contributed by atoms with Gasteiger partial charge >= 0.3 is 0 Å². The largest absolute Gasteiger partial charge is 0.499 e. The molecule has 0 spiro atoms. The second-order valence-electron chi connectivity index (χ2n) is 1.74. The molecule has 3 heteroatoms. The van der Waals surface area contributed by atoms with Crippen molar-refractivity contribution in [3.63, 3.8) is 0 Å². The van der Waals surface area contributed by atoms with Gasteiger partial charge in [-0.2, -0.15) is 0 Å². The Morgan fingerprint density at radius 1 is 1.56 bits per heavy atom. The summed E-state index contributed by atoms with van der Waals surface area (Å²) in [4.78, 5) is 11.4. The average Bonchev–Trinajstić information content (AvgIpc) is 1.59. The van der Waals surface area contributed by atoms with Crippen molar-refractivity contribution in [3.05, 3.63) is 27.2 Å². The highest BCUT2D eigenvalue weighted by Gasteiger charge is 1.91. The van der Waals surface area contributed by atoms with E-state index in [1.165, 1.54) is 23.5 Å². The Morgan fingerprint density at radius 2 is 2.22 bits per heavy atom. The highest BCUT2D eigenvalue weighted by molar-refractivity contribution is 7.13. The fourth-order valence-electron chi connectivity index (χ4n) is 0.588. The molecule has 1 aromatic rings. The summed E-state index contributed by atoms with van der Waals surface area (Å²) in [6, 6.07) is 2.70. The quantitative estimate of drug-likeness (QED) is 0.589. The van der Waals surface area contributed by atoms with E-state index in [1.807, 2.05) is 0 Å². The molecule has 0 aliphatic rings. The molecule has 48 valence electrons. The third-order valence-electron chi connectivity index (χ3n) is 0.877. The van der Waals surface area contributed by atoms with Gasteiger partial charge < -0.3 is 5.11 Å². The lowest BCUT2D eigenvalue weighted by molar-refractivity contribution is 0.489. The highest BCUT2D eigenvalue weighted by Crippen LogP contribution is 2.15. The van der Waals surface area contributed by atoms with E-state index in [2.05, 4.69) is 0 Å². The molecule has 0 aliphatic carbocycles. The minimum Gasteiger partial charge on any atom is -0.499 e. The molecule has 0 radical (unpaired) electrons. The molecule has 1 rings (SSSR count). The summed E-state index contributed by atoms with van der Waals surface area (Å²) < 4.78 is 0. The fraction of sp³-hybridized carbons (Fsp3) is 0.167. The maximum Gasteiger partial charge on any atom is 0.184 e. The van der Waals surface area contributed by atoms with E-state index in [-0.39, 0.29) is 10.5 Å². The summed E-state index contributed by atoms with van der Waals surface area (Å²) in [7, 11) is 0. The van der Waals surface area contributed by atoms with E-state index in [4.69, 9.17) is 5.11 Å². The van der Waals surface area contributed by atoms with Gasteiger partial charge in [-0.1, -0.05) is 0 Å². The normalized spacial score (nSPS) is 9.44. The van der Waals surface area contributed by atoms with Crippen LogP contribution in [0.5, 0.6) is 5.06 Å². The molecule has 0 saturated heterocycles. The monoisotopic (exact) mass is 142 g/mol. The third kappa shape index (κ3) is 1.54. The van der Waals surface area contributed by atoms with Crippen molar-refractivity contribution in [2.45, 2.75) is 6.92 Å². The van der Waals surface area contributed by atoms with Crippen LogP contribution < -0.4 is 5.43 Å². The SMILES string of the molecule is Cc1cc(=O)cc(O)s1. The van der Waals surface area contributed by atoms with Gasteiger partial charge in [-0.15, -0.1) is 11.3 Å². The van der Waals surface area contributed by atoms with E-state index in [1.54, 1.807) is 6.92 Å². The molecule has 9 heavy (non-hydrogen) atoms. The van der Waals surface area contributed by atoms with Gasteiger partial charge in [0.2, 0.25) is 0 Å². The maximum atomic E-state index is 10.6. The molecule has 0 unspecified atom stereocenters. The standard InChI is InChI=1S/C6H6O2S/c1-4-2-5(7)3-6(8)9-4/h2-3,8H,1H3. The minimum atomic E-state index is -0.135. The average molecular weight is 142 g/mol. The number of aryl methyl sites for hydroxylation is 1. The van der Waals surface area contributed by atoms with Crippen molar-refractivity contribution in [3.8, 4) is 5.06 Å². The van der Waals surface area contributed by atoms with Crippen LogP contribution in [-0.4, -0.2) is 5.11 Å². The third-order valence-corrected chi connectivity index (χ3v) is 1.64. The van der Waals surface area contributed by atoms with Crippen molar-refractivity contribution < 1.29 is 5.11 Å². The Kier molecular flexibility index (Phi) is 1.53. The minimum absolute atomic E-state index is 0.0833. The van der Waals surface area contributed by atoms with Gasteiger partial charge in [-0.3, -0.25) is 4.79 Å². The smallest absolute Gasteiger partial charge is 0.184 e. The fourth-order valence-corrected chi connectivity index (χ4v) is 1.27. The molecule has 1 N–H and O–H groups in total. The van der Waals surface area contributed by atoms with Crippen molar-refractivity contribution in [1.82, 2.24) is 0 Å². The summed E-state index contributed by atoms with van der Waals surface area (Å²) in [6.45, 7) is 1.78. The molecule has 0 aliphatic heterocycles.